The molecule has 3 aliphatic carbocycles. The van der Waals surface area contributed by atoms with E-state index in [-0.39, 0.29) is 23.6 Å². The first-order valence-corrected chi connectivity index (χ1v) is 8.62. The maximum Gasteiger partial charge on any atom is 0.123 e. The standard InChI is InChI=1S/C22H19FO2/c1-25-18-10-4-14(5-11-18)21-19-12-6-16(7-13-20(19)21)22(21,24)15-2-8-17(23)9-3-15/h2-13,16,19-20,24H,1H3/t16?,19-,20+,21?,22-/m0/s1. The van der Waals surface area contributed by atoms with Crippen LogP contribution >= 0.6 is 0 Å². The van der Waals surface area contributed by atoms with Crippen molar-refractivity contribution in [3.63, 3.8) is 0 Å². The van der Waals surface area contributed by atoms with Crippen LogP contribution in [0.25, 0.3) is 0 Å². The number of rotatable bonds is 3. The summed E-state index contributed by atoms with van der Waals surface area (Å²) in [5.74, 6) is 0.909. The van der Waals surface area contributed by atoms with Crippen molar-refractivity contribution in [3.05, 3.63) is 89.8 Å². The minimum Gasteiger partial charge on any atom is -0.497 e. The van der Waals surface area contributed by atoms with E-state index in [9.17, 15) is 9.50 Å². The van der Waals surface area contributed by atoms with Gasteiger partial charge in [-0.2, -0.15) is 0 Å². The first-order chi connectivity index (χ1) is 12.1. The molecule has 3 aliphatic rings. The van der Waals surface area contributed by atoms with Crippen LogP contribution in [0.4, 0.5) is 4.39 Å². The monoisotopic (exact) mass is 334 g/mol. The summed E-state index contributed by atoms with van der Waals surface area (Å²) in [6, 6.07) is 14.3. The number of methoxy groups -OCH3 is 1. The third kappa shape index (κ3) is 1.67. The zero-order valence-corrected chi connectivity index (χ0v) is 13.9. The zero-order chi connectivity index (χ0) is 17.2. The van der Waals surface area contributed by atoms with E-state index in [1.807, 2.05) is 12.1 Å². The van der Waals surface area contributed by atoms with E-state index in [2.05, 4.69) is 36.4 Å². The van der Waals surface area contributed by atoms with Crippen LogP contribution in [-0.2, 0) is 11.0 Å². The number of hydrogen-bond acceptors (Lipinski definition) is 2. The lowest BCUT2D eigenvalue weighted by atomic mass is 9.61. The molecule has 1 fully saturated rings. The molecule has 0 radical (unpaired) electrons. The average molecular weight is 334 g/mol. The van der Waals surface area contributed by atoms with E-state index in [4.69, 9.17) is 4.74 Å². The van der Waals surface area contributed by atoms with Crippen LogP contribution in [0.15, 0.2) is 72.8 Å². The maximum absolute atomic E-state index is 13.5. The second-order valence-corrected chi connectivity index (χ2v) is 7.22. The predicted octanol–water partition coefficient (Wildman–Crippen LogP) is 3.96. The van der Waals surface area contributed by atoms with Crippen molar-refractivity contribution < 1.29 is 14.2 Å². The van der Waals surface area contributed by atoms with Crippen LogP contribution in [0.3, 0.4) is 0 Å². The Labute approximate surface area is 146 Å². The number of allylic oxidation sites excluding steroid dienone is 2. The van der Waals surface area contributed by atoms with Crippen LogP contribution in [0.1, 0.15) is 11.1 Å². The molecule has 0 aliphatic heterocycles. The normalized spacial score (nSPS) is 37.0. The van der Waals surface area contributed by atoms with Crippen LogP contribution in [0.5, 0.6) is 5.75 Å². The molecule has 25 heavy (non-hydrogen) atoms. The van der Waals surface area contributed by atoms with Crippen molar-refractivity contribution in [1.82, 2.24) is 0 Å². The van der Waals surface area contributed by atoms with Gasteiger partial charge in [0.2, 0.25) is 0 Å². The Balaban J connectivity index is 1.72. The summed E-state index contributed by atoms with van der Waals surface area (Å²) in [7, 11) is 1.65. The van der Waals surface area contributed by atoms with E-state index >= 15 is 0 Å². The van der Waals surface area contributed by atoms with Crippen molar-refractivity contribution in [3.8, 4) is 5.75 Å². The Kier molecular flexibility index (Phi) is 2.88. The van der Waals surface area contributed by atoms with Gasteiger partial charge in [0.15, 0.2) is 0 Å². The Morgan fingerprint density at radius 1 is 0.840 bits per heavy atom. The number of hydrogen-bond donors (Lipinski definition) is 1. The summed E-state index contributed by atoms with van der Waals surface area (Å²) < 4.78 is 18.7. The van der Waals surface area contributed by atoms with E-state index in [1.54, 1.807) is 19.2 Å². The molecule has 5 atom stereocenters. The highest BCUT2D eigenvalue weighted by molar-refractivity contribution is 5.56. The first kappa shape index (κ1) is 14.9. The molecule has 0 heterocycles. The van der Waals surface area contributed by atoms with Gasteiger partial charge in [0.05, 0.1) is 7.11 Å². The third-order valence-corrected chi connectivity index (χ3v) is 6.35. The van der Waals surface area contributed by atoms with Gasteiger partial charge in [0.1, 0.15) is 17.2 Å². The van der Waals surface area contributed by atoms with Gasteiger partial charge in [-0.15, -0.1) is 0 Å². The topological polar surface area (TPSA) is 29.5 Å². The van der Waals surface area contributed by atoms with E-state index in [0.717, 1.165) is 16.9 Å². The molecular weight excluding hydrogens is 315 g/mol. The van der Waals surface area contributed by atoms with Gasteiger partial charge in [0.25, 0.3) is 0 Å². The lowest BCUT2D eigenvalue weighted by molar-refractivity contribution is -0.0436. The van der Waals surface area contributed by atoms with Crippen molar-refractivity contribution in [2.24, 2.45) is 17.8 Å². The molecule has 0 aromatic heterocycles. The summed E-state index contributed by atoms with van der Waals surface area (Å²) >= 11 is 0. The molecule has 2 aromatic carbocycles. The molecule has 0 amide bonds. The molecule has 1 N–H and O–H groups in total. The molecular formula is C22H19FO2. The summed E-state index contributed by atoms with van der Waals surface area (Å²) in [5.41, 5.74) is 0.407. The SMILES string of the molecule is COc1ccc(C23[C@@H]4C=CC(C=C[C@@H]42)[C@@]3(O)c2ccc(F)cc2)cc1. The summed E-state index contributed by atoms with van der Waals surface area (Å²) in [4.78, 5) is 0. The Morgan fingerprint density at radius 3 is 1.96 bits per heavy atom. The highest BCUT2D eigenvalue weighted by Gasteiger charge is 2.77. The van der Waals surface area contributed by atoms with Crippen LogP contribution in [-0.4, -0.2) is 12.2 Å². The molecule has 0 spiro atoms. The average Bonchev–Trinajstić information content (AvgIpc) is 3.36. The molecule has 2 aromatic rings. The number of fused-ring (bicyclic) bond motifs is 2. The summed E-state index contributed by atoms with van der Waals surface area (Å²) in [6.45, 7) is 0. The Bertz CT molecular complexity index is 861. The number of aliphatic hydroxyl groups is 1. The van der Waals surface area contributed by atoms with Crippen LogP contribution in [0, 0.1) is 23.6 Å². The largest absolute Gasteiger partial charge is 0.497 e. The van der Waals surface area contributed by atoms with Crippen molar-refractivity contribution in [1.29, 1.82) is 0 Å². The van der Waals surface area contributed by atoms with E-state index in [0.29, 0.717) is 0 Å². The molecule has 126 valence electrons. The molecule has 3 heteroatoms. The summed E-state index contributed by atoms with van der Waals surface area (Å²) in [6.07, 6.45) is 8.66. The lowest BCUT2D eigenvalue weighted by Gasteiger charge is -2.46. The lowest BCUT2D eigenvalue weighted by Crippen LogP contribution is -2.49. The van der Waals surface area contributed by atoms with E-state index < -0.39 is 11.0 Å². The third-order valence-electron chi connectivity index (χ3n) is 6.35. The fourth-order valence-electron chi connectivity index (χ4n) is 5.20. The van der Waals surface area contributed by atoms with Crippen molar-refractivity contribution >= 4 is 0 Å². The first-order valence-electron chi connectivity index (χ1n) is 8.62. The van der Waals surface area contributed by atoms with Crippen molar-refractivity contribution in [2.75, 3.05) is 7.11 Å². The highest BCUT2D eigenvalue weighted by atomic mass is 19.1. The fourth-order valence-corrected chi connectivity index (χ4v) is 5.20. The predicted molar refractivity (Wildman–Crippen MR) is 93.7 cm³/mol. The fraction of sp³-hybridized carbons (Fsp3) is 0.273. The summed E-state index contributed by atoms with van der Waals surface area (Å²) in [5, 5.41) is 12.0. The Morgan fingerprint density at radius 2 is 1.40 bits per heavy atom. The molecule has 1 saturated carbocycles. The zero-order valence-electron chi connectivity index (χ0n) is 13.9. The van der Waals surface area contributed by atoms with Gasteiger partial charge in [-0.3, -0.25) is 0 Å². The van der Waals surface area contributed by atoms with Gasteiger partial charge in [0, 0.05) is 11.3 Å². The van der Waals surface area contributed by atoms with Gasteiger partial charge >= 0.3 is 0 Å². The van der Waals surface area contributed by atoms with Crippen LogP contribution < -0.4 is 4.74 Å². The minimum absolute atomic E-state index is 0.116. The second-order valence-electron chi connectivity index (χ2n) is 7.22. The quantitative estimate of drug-likeness (QED) is 0.861. The van der Waals surface area contributed by atoms with Gasteiger partial charge < -0.3 is 9.84 Å². The number of halogens is 1. The molecule has 2 nitrogen and oxygen atoms in total. The molecule has 5 rings (SSSR count). The number of benzene rings is 2. The molecule has 2 unspecified atom stereocenters. The van der Waals surface area contributed by atoms with Crippen molar-refractivity contribution in [2.45, 2.75) is 11.0 Å². The molecule has 0 saturated heterocycles. The van der Waals surface area contributed by atoms with Gasteiger partial charge in [-0.05, 0) is 47.2 Å². The number of ether oxygens (including phenoxy) is 1. The van der Waals surface area contributed by atoms with Crippen LogP contribution in [0.2, 0.25) is 0 Å². The highest BCUT2D eigenvalue weighted by Crippen LogP contribution is 2.75. The van der Waals surface area contributed by atoms with E-state index in [1.165, 1.54) is 12.1 Å². The second kappa shape index (κ2) is 4.83. The van der Waals surface area contributed by atoms with Gasteiger partial charge in [-0.1, -0.05) is 48.6 Å². The smallest absolute Gasteiger partial charge is 0.123 e. The Hall–Kier alpha value is -2.39. The maximum atomic E-state index is 13.5. The minimum atomic E-state index is -1.08. The van der Waals surface area contributed by atoms with Gasteiger partial charge in [-0.25, -0.2) is 4.39 Å². The molecule has 2 bridgehead atoms.